The van der Waals surface area contributed by atoms with E-state index in [-0.39, 0.29) is 5.91 Å². The van der Waals surface area contributed by atoms with Crippen LogP contribution in [0.15, 0.2) is 18.6 Å². The number of nitrogens with zero attached hydrogens (tertiary/aromatic N) is 4. The second-order valence-corrected chi connectivity index (χ2v) is 5.49. The molecule has 0 radical (unpaired) electrons. The summed E-state index contributed by atoms with van der Waals surface area (Å²) in [5, 5.41) is 0. The predicted octanol–water partition coefficient (Wildman–Crippen LogP) is 1.18. The van der Waals surface area contributed by atoms with E-state index in [1.54, 1.807) is 18.6 Å². The summed E-state index contributed by atoms with van der Waals surface area (Å²) in [6, 6.07) is 0.866. The van der Waals surface area contributed by atoms with Crippen molar-refractivity contribution in [2.75, 3.05) is 20.1 Å². The average molecular weight is 260 g/mol. The van der Waals surface area contributed by atoms with Crippen molar-refractivity contribution < 1.29 is 4.79 Å². The lowest BCUT2D eigenvalue weighted by Gasteiger charge is -2.33. The second-order valence-electron chi connectivity index (χ2n) is 5.49. The van der Waals surface area contributed by atoms with Gasteiger partial charge >= 0.3 is 0 Å². The van der Waals surface area contributed by atoms with Gasteiger partial charge in [-0.2, -0.15) is 0 Å². The highest BCUT2D eigenvalue weighted by Crippen LogP contribution is 2.29. The maximum absolute atomic E-state index is 12.5. The minimum absolute atomic E-state index is 0.0379. The summed E-state index contributed by atoms with van der Waals surface area (Å²) in [5.74, 6) is 0.0379. The van der Waals surface area contributed by atoms with Crippen LogP contribution in [0.4, 0.5) is 0 Å². The van der Waals surface area contributed by atoms with Crippen LogP contribution < -0.4 is 0 Å². The molecule has 0 aromatic carbocycles. The second kappa shape index (κ2) is 5.25. The van der Waals surface area contributed by atoms with Crippen LogP contribution in [-0.4, -0.2) is 57.9 Å². The lowest BCUT2D eigenvalue weighted by Crippen LogP contribution is -2.47. The smallest absolute Gasteiger partial charge is 0.274 e. The molecule has 0 N–H and O–H groups in total. The van der Waals surface area contributed by atoms with Gasteiger partial charge in [0.1, 0.15) is 5.69 Å². The fourth-order valence-corrected chi connectivity index (χ4v) is 3.42. The molecular formula is C14H20N4O. The number of hydrogen-bond acceptors (Lipinski definition) is 4. The molecule has 3 rings (SSSR count). The third kappa shape index (κ3) is 2.34. The number of carbonyl (C=O) groups is 1. The first-order valence-corrected chi connectivity index (χ1v) is 7.04. The Morgan fingerprint density at radius 3 is 2.68 bits per heavy atom. The van der Waals surface area contributed by atoms with Crippen molar-refractivity contribution in [3.05, 3.63) is 24.3 Å². The quantitative estimate of drug-likeness (QED) is 0.801. The molecule has 1 aromatic heterocycles. The van der Waals surface area contributed by atoms with Crippen LogP contribution in [0, 0.1) is 0 Å². The molecular weight excluding hydrogens is 240 g/mol. The van der Waals surface area contributed by atoms with E-state index in [4.69, 9.17) is 0 Å². The zero-order valence-electron chi connectivity index (χ0n) is 11.3. The number of likely N-dealkylation sites (N-methyl/N-ethyl adjacent to an activating group) is 1. The van der Waals surface area contributed by atoms with E-state index in [0.717, 1.165) is 25.9 Å². The van der Waals surface area contributed by atoms with Gasteiger partial charge in [0.25, 0.3) is 5.91 Å². The number of carbonyl (C=O) groups excluding carboxylic acids is 1. The van der Waals surface area contributed by atoms with Crippen LogP contribution in [0.5, 0.6) is 0 Å². The number of aromatic nitrogens is 2. The van der Waals surface area contributed by atoms with E-state index < -0.39 is 0 Å². The Kier molecular flexibility index (Phi) is 3.46. The molecule has 19 heavy (non-hydrogen) atoms. The summed E-state index contributed by atoms with van der Waals surface area (Å²) in [6.07, 6.45) is 9.40. The summed E-state index contributed by atoms with van der Waals surface area (Å²) in [7, 11) is 2.17. The lowest BCUT2D eigenvalue weighted by atomic mass is 10.0. The molecule has 102 valence electrons. The molecule has 0 spiro atoms. The topological polar surface area (TPSA) is 49.3 Å². The van der Waals surface area contributed by atoms with Gasteiger partial charge in [0.15, 0.2) is 0 Å². The molecule has 5 nitrogen and oxygen atoms in total. The van der Waals surface area contributed by atoms with Crippen molar-refractivity contribution in [1.29, 1.82) is 0 Å². The molecule has 2 unspecified atom stereocenters. The molecule has 1 aromatic rings. The zero-order chi connectivity index (χ0) is 13.2. The van der Waals surface area contributed by atoms with E-state index in [9.17, 15) is 4.79 Å². The van der Waals surface area contributed by atoms with E-state index in [1.807, 2.05) is 4.90 Å². The van der Waals surface area contributed by atoms with Crippen LogP contribution in [-0.2, 0) is 0 Å². The van der Waals surface area contributed by atoms with Crippen LogP contribution in [0.3, 0.4) is 0 Å². The molecule has 2 aliphatic rings. The number of hydrogen-bond donors (Lipinski definition) is 0. The van der Waals surface area contributed by atoms with Crippen molar-refractivity contribution in [1.82, 2.24) is 19.8 Å². The molecule has 3 heterocycles. The number of amides is 1. The van der Waals surface area contributed by atoms with Crippen LogP contribution in [0.2, 0.25) is 0 Å². The van der Waals surface area contributed by atoms with Crippen LogP contribution in [0.25, 0.3) is 0 Å². The third-order valence-electron chi connectivity index (χ3n) is 4.36. The molecule has 0 bridgehead atoms. The molecule has 2 saturated heterocycles. The Balaban J connectivity index is 1.78. The first-order valence-electron chi connectivity index (χ1n) is 7.04. The van der Waals surface area contributed by atoms with Gasteiger partial charge in [0.05, 0.1) is 6.20 Å². The Morgan fingerprint density at radius 2 is 2.00 bits per heavy atom. The molecule has 2 fully saturated rings. The first kappa shape index (κ1) is 12.5. The summed E-state index contributed by atoms with van der Waals surface area (Å²) in [5.41, 5.74) is 0.468. The summed E-state index contributed by atoms with van der Waals surface area (Å²) >= 11 is 0. The molecule has 2 aliphatic heterocycles. The minimum Gasteiger partial charge on any atom is -0.333 e. The molecule has 0 aliphatic carbocycles. The van der Waals surface area contributed by atoms with Crippen LogP contribution >= 0.6 is 0 Å². The van der Waals surface area contributed by atoms with E-state index >= 15 is 0 Å². The molecule has 5 heteroatoms. The van der Waals surface area contributed by atoms with Gasteiger partial charge in [-0.1, -0.05) is 0 Å². The number of likely N-dealkylation sites (tertiary alicyclic amines) is 2. The van der Waals surface area contributed by atoms with Gasteiger partial charge in [0.2, 0.25) is 0 Å². The third-order valence-corrected chi connectivity index (χ3v) is 4.36. The predicted molar refractivity (Wildman–Crippen MR) is 71.7 cm³/mol. The maximum atomic E-state index is 12.5. The van der Waals surface area contributed by atoms with Gasteiger partial charge in [-0.15, -0.1) is 0 Å². The molecule has 0 saturated carbocycles. The highest BCUT2D eigenvalue weighted by atomic mass is 16.2. The minimum atomic E-state index is 0.0379. The molecule has 2 atom stereocenters. The first-order chi connectivity index (χ1) is 9.27. The highest BCUT2D eigenvalue weighted by Gasteiger charge is 2.38. The van der Waals surface area contributed by atoms with Crippen molar-refractivity contribution in [2.24, 2.45) is 0 Å². The average Bonchev–Trinajstić information content (AvgIpc) is 3.07. The fraction of sp³-hybridized carbons (Fsp3) is 0.643. The Labute approximate surface area is 113 Å². The van der Waals surface area contributed by atoms with Crippen molar-refractivity contribution >= 4 is 5.91 Å². The van der Waals surface area contributed by atoms with E-state index in [0.29, 0.717) is 17.8 Å². The fourth-order valence-electron chi connectivity index (χ4n) is 3.42. The largest absolute Gasteiger partial charge is 0.333 e. The summed E-state index contributed by atoms with van der Waals surface area (Å²) in [4.78, 5) is 25.1. The van der Waals surface area contributed by atoms with Crippen molar-refractivity contribution in [3.8, 4) is 0 Å². The van der Waals surface area contributed by atoms with Gasteiger partial charge < -0.3 is 9.80 Å². The van der Waals surface area contributed by atoms with E-state index in [2.05, 4.69) is 21.9 Å². The Morgan fingerprint density at radius 1 is 1.21 bits per heavy atom. The summed E-state index contributed by atoms with van der Waals surface area (Å²) in [6.45, 7) is 2.00. The van der Waals surface area contributed by atoms with Gasteiger partial charge in [-0.25, -0.2) is 4.98 Å². The van der Waals surface area contributed by atoms with Crippen molar-refractivity contribution in [2.45, 2.75) is 37.8 Å². The summed E-state index contributed by atoms with van der Waals surface area (Å²) < 4.78 is 0. The van der Waals surface area contributed by atoms with Gasteiger partial charge in [0, 0.05) is 31.0 Å². The lowest BCUT2D eigenvalue weighted by molar-refractivity contribution is 0.0658. The van der Waals surface area contributed by atoms with Crippen molar-refractivity contribution in [3.63, 3.8) is 0 Å². The highest BCUT2D eigenvalue weighted by molar-refractivity contribution is 5.92. The normalized spacial score (nSPS) is 27.9. The van der Waals surface area contributed by atoms with E-state index in [1.165, 1.54) is 12.8 Å². The zero-order valence-corrected chi connectivity index (χ0v) is 11.3. The Bertz CT molecular complexity index is 450. The van der Waals surface area contributed by atoms with Crippen LogP contribution in [0.1, 0.15) is 36.2 Å². The number of rotatable bonds is 2. The Hall–Kier alpha value is -1.49. The van der Waals surface area contributed by atoms with Gasteiger partial charge in [-0.05, 0) is 39.3 Å². The standard InChI is InChI=1S/C14H20N4O/c1-17-8-2-4-12(17)13-5-3-9-18(13)14(19)11-10-15-6-7-16-11/h6-7,10,12-13H,2-5,8-9H2,1H3. The molecule has 1 amide bonds. The maximum Gasteiger partial charge on any atom is 0.274 e. The SMILES string of the molecule is CN1CCCC1C1CCCN1C(=O)c1cnccn1. The monoisotopic (exact) mass is 260 g/mol. The van der Waals surface area contributed by atoms with Gasteiger partial charge in [-0.3, -0.25) is 9.78 Å².